The van der Waals surface area contributed by atoms with Crippen LogP contribution < -0.4 is 0 Å². The van der Waals surface area contributed by atoms with Crippen LogP contribution >= 0.6 is 0 Å². The van der Waals surface area contributed by atoms with E-state index in [0.717, 1.165) is 0 Å². The van der Waals surface area contributed by atoms with E-state index >= 15 is 0 Å². The number of aliphatic carboxylic acids is 1. The molecule has 0 saturated carbocycles. The lowest BCUT2D eigenvalue weighted by Gasteiger charge is -2.26. The third-order valence-corrected chi connectivity index (χ3v) is 2.92. The fourth-order valence-corrected chi connectivity index (χ4v) is 2.05. The summed E-state index contributed by atoms with van der Waals surface area (Å²) in [6.07, 6.45) is -4.35. The van der Waals surface area contributed by atoms with E-state index in [4.69, 9.17) is 5.11 Å². The molecule has 1 amide bonds. The Morgan fingerprint density at radius 3 is 2.24 bits per heavy atom. The highest BCUT2D eigenvalue weighted by atomic mass is 19.4. The average molecular weight is 303 g/mol. The number of rotatable bonds is 6. The van der Waals surface area contributed by atoms with Gasteiger partial charge in [0.2, 0.25) is 5.91 Å². The Morgan fingerprint density at radius 1 is 1.24 bits per heavy atom. The summed E-state index contributed by atoms with van der Waals surface area (Å²) in [5.74, 6) is -3.09. The largest absolute Gasteiger partial charge is 0.480 e. The first-order valence-corrected chi connectivity index (χ1v) is 6.37. The van der Waals surface area contributed by atoms with Gasteiger partial charge in [-0.25, -0.2) is 0 Å². The van der Waals surface area contributed by atoms with Crippen LogP contribution in [0.4, 0.5) is 13.2 Å². The van der Waals surface area contributed by atoms with Gasteiger partial charge in [0.05, 0.1) is 5.92 Å². The van der Waals surface area contributed by atoms with E-state index in [9.17, 15) is 22.8 Å². The molecular weight excluding hydrogens is 287 g/mol. The second-order valence-electron chi connectivity index (χ2n) is 4.57. The van der Waals surface area contributed by atoms with Crippen molar-refractivity contribution in [1.29, 1.82) is 0 Å². The van der Waals surface area contributed by atoms with E-state index in [-0.39, 0.29) is 6.42 Å². The predicted octanol–water partition coefficient (Wildman–Crippen LogP) is 2.66. The van der Waals surface area contributed by atoms with Crippen LogP contribution in [0.5, 0.6) is 0 Å². The maximum Gasteiger partial charge on any atom is 0.406 e. The molecule has 7 heteroatoms. The highest BCUT2D eigenvalue weighted by Gasteiger charge is 2.36. The van der Waals surface area contributed by atoms with Crippen LogP contribution in [0.1, 0.15) is 24.8 Å². The predicted molar refractivity (Wildman–Crippen MR) is 69.7 cm³/mol. The number of carboxylic acid groups (broad SMARTS) is 1. The number of halogens is 3. The molecule has 1 N–H and O–H groups in total. The molecule has 4 nitrogen and oxygen atoms in total. The molecule has 0 aromatic heterocycles. The van der Waals surface area contributed by atoms with Gasteiger partial charge in [0.1, 0.15) is 13.1 Å². The second kappa shape index (κ2) is 7.10. The highest BCUT2D eigenvalue weighted by Crippen LogP contribution is 2.24. The van der Waals surface area contributed by atoms with E-state index in [1.54, 1.807) is 37.3 Å². The van der Waals surface area contributed by atoms with Crippen molar-refractivity contribution in [1.82, 2.24) is 4.90 Å². The molecule has 0 bridgehead atoms. The van der Waals surface area contributed by atoms with Crippen molar-refractivity contribution in [3.05, 3.63) is 35.9 Å². The molecule has 1 aromatic rings. The number of hydrogen-bond donors (Lipinski definition) is 1. The summed E-state index contributed by atoms with van der Waals surface area (Å²) in [6.45, 7) is -0.870. The number of amides is 1. The van der Waals surface area contributed by atoms with E-state index in [1.165, 1.54) is 0 Å². The van der Waals surface area contributed by atoms with Crippen molar-refractivity contribution < 1.29 is 27.9 Å². The van der Waals surface area contributed by atoms with Gasteiger partial charge in [-0.05, 0) is 12.0 Å². The normalized spacial score (nSPS) is 12.8. The maximum atomic E-state index is 12.5. The van der Waals surface area contributed by atoms with Crippen molar-refractivity contribution in [2.75, 3.05) is 13.1 Å². The number of alkyl halides is 3. The van der Waals surface area contributed by atoms with E-state index < -0.39 is 37.1 Å². The molecule has 0 spiro atoms. The van der Waals surface area contributed by atoms with E-state index in [2.05, 4.69) is 0 Å². The minimum atomic E-state index is -4.64. The van der Waals surface area contributed by atoms with Gasteiger partial charge in [-0.2, -0.15) is 13.2 Å². The van der Waals surface area contributed by atoms with Crippen LogP contribution in [0.15, 0.2) is 30.3 Å². The Morgan fingerprint density at radius 2 is 1.81 bits per heavy atom. The molecule has 0 radical (unpaired) electrons. The lowest BCUT2D eigenvalue weighted by molar-refractivity contribution is -0.166. The Bertz CT molecular complexity index is 488. The molecule has 1 atom stereocenters. The number of carbonyl (C=O) groups is 2. The monoisotopic (exact) mass is 303 g/mol. The fourth-order valence-electron chi connectivity index (χ4n) is 2.05. The first-order chi connectivity index (χ1) is 9.74. The SMILES string of the molecule is CCC(C(=O)N(CC(=O)O)CC(F)(F)F)c1ccccc1. The molecule has 0 aliphatic heterocycles. The third-order valence-electron chi connectivity index (χ3n) is 2.92. The van der Waals surface area contributed by atoms with Crippen LogP contribution in [-0.2, 0) is 9.59 Å². The number of hydrogen-bond acceptors (Lipinski definition) is 2. The first-order valence-electron chi connectivity index (χ1n) is 6.37. The van der Waals surface area contributed by atoms with Crippen LogP contribution in [0.2, 0.25) is 0 Å². The summed E-state index contributed by atoms with van der Waals surface area (Å²) < 4.78 is 37.5. The zero-order valence-electron chi connectivity index (χ0n) is 11.4. The molecule has 0 fully saturated rings. The van der Waals surface area contributed by atoms with Crippen LogP contribution in [-0.4, -0.2) is 41.1 Å². The van der Waals surface area contributed by atoms with Crippen molar-refractivity contribution >= 4 is 11.9 Å². The summed E-state index contributed by atoms with van der Waals surface area (Å²) >= 11 is 0. The topological polar surface area (TPSA) is 57.6 Å². The summed E-state index contributed by atoms with van der Waals surface area (Å²) in [5.41, 5.74) is 0.572. The standard InChI is InChI=1S/C14H16F3NO3/c1-2-11(10-6-4-3-5-7-10)13(21)18(8-12(19)20)9-14(15,16)17/h3-7,11H,2,8-9H2,1H3,(H,19,20). The molecule has 1 rings (SSSR count). The zero-order valence-corrected chi connectivity index (χ0v) is 11.4. The zero-order chi connectivity index (χ0) is 16.0. The molecule has 1 unspecified atom stereocenters. The van der Waals surface area contributed by atoms with Gasteiger partial charge < -0.3 is 10.0 Å². The smallest absolute Gasteiger partial charge is 0.406 e. The molecule has 21 heavy (non-hydrogen) atoms. The maximum absolute atomic E-state index is 12.5. The molecule has 0 saturated heterocycles. The quantitative estimate of drug-likeness (QED) is 0.879. The lowest BCUT2D eigenvalue weighted by atomic mass is 9.95. The van der Waals surface area contributed by atoms with Crippen LogP contribution in [0.3, 0.4) is 0 Å². The van der Waals surface area contributed by atoms with Gasteiger partial charge in [-0.3, -0.25) is 9.59 Å². The molecular formula is C14H16F3NO3. The summed E-state index contributed by atoms with van der Waals surface area (Å²) in [4.78, 5) is 23.3. The molecule has 0 aliphatic carbocycles. The summed E-state index contributed by atoms with van der Waals surface area (Å²) in [5, 5.41) is 8.69. The molecule has 0 heterocycles. The van der Waals surface area contributed by atoms with E-state index in [0.29, 0.717) is 10.5 Å². The Hall–Kier alpha value is -2.05. The van der Waals surface area contributed by atoms with Gasteiger partial charge in [0, 0.05) is 0 Å². The number of nitrogens with zero attached hydrogens (tertiary/aromatic N) is 1. The first kappa shape index (κ1) is 17.0. The fraction of sp³-hybridized carbons (Fsp3) is 0.429. The van der Waals surface area contributed by atoms with Crippen LogP contribution in [0, 0.1) is 0 Å². The average Bonchev–Trinajstić information content (AvgIpc) is 2.37. The molecule has 0 aliphatic rings. The van der Waals surface area contributed by atoms with Crippen molar-refractivity contribution in [2.24, 2.45) is 0 Å². The highest BCUT2D eigenvalue weighted by molar-refractivity contribution is 5.86. The minimum absolute atomic E-state index is 0.289. The minimum Gasteiger partial charge on any atom is -0.480 e. The lowest BCUT2D eigenvalue weighted by Crippen LogP contribution is -2.44. The summed E-state index contributed by atoms with van der Waals surface area (Å²) in [7, 11) is 0. The van der Waals surface area contributed by atoms with Crippen molar-refractivity contribution in [3.8, 4) is 0 Å². The third kappa shape index (κ3) is 5.45. The van der Waals surface area contributed by atoms with Gasteiger partial charge >= 0.3 is 12.1 Å². The molecule has 1 aromatic carbocycles. The van der Waals surface area contributed by atoms with Crippen LogP contribution in [0.25, 0.3) is 0 Å². The number of benzene rings is 1. The Labute approximate surface area is 120 Å². The van der Waals surface area contributed by atoms with Gasteiger partial charge in [0.15, 0.2) is 0 Å². The van der Waals surface area contributed by atoms with Crippen molar-refractivity contribution in [2.45, 2.75) is 25.4 Å². The van der Waals surface area contributed by atoms with Gasteiger partial charge in [-0.1, -0.05) is 37.3 Å². The second-order valence-corrected chi connectivity index (χ2v) is 4.57. The Kier molecular flexibility index (Phi) is 5.75. The van der Waals surface area contributed by atoms with Crippen molar-refractivity contribution in [3.63, 3.8) is 0 Å². The Balaban J connectivity index is 2.99. The summed E-state index contributed by atoms with van der Waals surface area (Å²) in [6, 6.07) is 8.36. The number of carbonyl (C=O) groups excluding carboxylic acids is 1. The van der Waals surface area contributed by atoms with E-state index in [1.807, 2.05) is 0 Å². The molecule has 116 valence electrons. The number of carboxylic acids is 1. The van der Waals surface area contributed by atoms with Gasteiger partial charge in [-0.15, -0.1) is 0 Å². The van der Waals surface area contributed by atoms with Gasteiger partial charge in [0.25, 0.3) is 0 Å².